The molecule has 0 atom stereocenters. The van der Waals surface area contributed by atoms with E-state index in [1.165, 1.54) is 18.2 Å². The Labute approximate surface area is 104 Å². The number of hydrogen-bond donors (Lipinski definition) is 0. The van der Waals surface area contributed by atoms with Gasteiger partial charge in [-0.3, -0.25) is 4.79 Å². The van der Waals surface area contributed by atoms with Crippen LogP contribution in [0, 0.1) is 5.82 Å². The Morgan fingerprint density at radius 1 is 1.41 bits per heavy atom. The summed E-state index contributed by atoms with van der Waals surface area (Å²) in [5.74, 6) is -0.550. The van der Waals surface area contributed by atoms with Crippen LogP contribution in [0.2, 0.25) is 5.02 Å². The van der Waals surface area contributed by atoms with E-state index in [-0.39, 0.29) is 18.8 Å². The molecule has 1 rings (SSSR count). The van der Waals surface area contributed by atoms with Crippen LogP contribution in [0.25, 0.3) is 0 Å². The molecule has 0 fully saturated rings. The first kappa shape index (κ1) is 14.1. The number of methoxy groups -OCH3 is 1. The van der Waals surface area contributed by atoms with Gasteiger partial charge in [0.1, 0.15) is 12.4 Å². The number of ketones is 1. The summed E-state index contributed by atoms with van der Waals surface area (Å²) in [6.45, 7) is 0.781. The first-order chi connectivity index (χ1) is 8.13. The van der Waals surface area contributed by atoms with E-state index in [1.807, 2.05) is 0 Å². The molecule has 0 saturated heterocycles. The second-order valence-electron chi connectivity index (χ2n) is 3.50. The van der Waals surface area contributed by atoms with Crippen LogP contribution in [0.15, 0.2) is 18.2 Å². The van der Waals surface area contributed by atoms with Crippen molar-refractivity contribution in [1.82, 2.24) is 0 Å². The number of Topliss-reactive ketones (excluding diaryl/α,β-unsaturated/α-hetero) is 1. The second-order valence-corrected chi connectivity index (χ2v) is 3.90. The molecule has 1 aromatic rings. The van der Waals surface area contributed by atoms with E-state index in [0.717, 1.165) is 0 Å². The molecule has 0 unspecified atom stereocenters. The van der Waals surface area contributed by atoms with Crippen LogP contribution in [0.4, 0.5) is 4.39 Å². The van der Waals surface area contributed by atoms with Gasteiger partial charge >= 0.3 is 0 Å². The minimum Gasteiger partial charge on any atom is -0.382 e. The van der Waals surface area contributed by atoms with E-state index in [0.29, 0.717) is 23.8 Å². The van der Waals surface area contributed by atoms with Gasteiger partial charge in [-0.15, -0.1) is 0 Å². The summed E-state index contributed by atoms with van der Waals surface area (Å²) in [7, 11) is 1.55. The number of halogens is 2. The minimum absolute atomic E-state index is 0.0177. The van der Waals surface area contributed by atoms with Crippen molar-refractivity contribution in [3.05, 3.63) is 34.6 Å². The van der Waals surface area contributed by atoms with Crippen molar-refractivity contribution in [2.24, 2.45) is 0 Å². The first-order valence-corrected chi connectivity index (χ1v) is 5.53. The molecule has 0 amide bonds. The topological polar surface area (TPSA) is 35.5 Å². The molecule has 0 bridgehead atoms. The normalized spacial score (nSPS) is 10.5. The highest BCUT2D eigenvalue weighted by atomic mass is 35.5. The summed E-state index contributed by atoms with van der Waals surface area (Å²) in [6, 6.07) is 3.95. The molecule has 0 heterocycles. The third-order valence-electron chi connectivity index (χ3n) is 2.09. The van der Waals surface area contributed by atoms with E-state index in [4.69, 9.17) is 21.1 Å². The van der Waals surface area contributed by atoms with Gasteiger partial charge in [0.15, 0.2) is 5.78 Å². The van der Waals surface area contributed by atoms with Gasteiger partial charge in [0, 0.05) is 18.6 Å². The highest BCUT2D eigenvalue weighted by Crippen LogP contribution is 2.17. The Morgan fingerprint density at radius 3 is 2.88 bits per heavy atom. The molecular formula is C12H14ClFO3. The molecule has 1 aromatic carbocycles. The number of benzene rings is 1. The van der Waals surface area contributed by atoms with Gasteiger partial charge in [-0.1, -0.05) is 11.6 Å². The van der Waals surface area contributed by atoms with Gasteiger partial charge in [0.2, 0.25) is 0 Å². The van der Waals surface area contributed by atoms with Crippen molar-refractivity contribution in [1.29, 1.82) is 0 Å². The quantitative estimate of drug-likeness (QED) is 0.706. The van der Waals surface area contributed by atoms with Gasteiger partial charge in [-0.2, -0.15) is 0 Å². The first-order valence-electron chi connectivity index (χ1n) is 5.16. The van der Waals surface area contributed by atoms with Crippen molar-refractivity contribution in [3.63, 3.8) is 0 Å². The third kappa shape index (κ3) is 5.26. The van der Waals surface area contributed by atoms with Gasteiger partial charge in [-0.25, -0.2) is 4.39 Å². The second kappa shape index (κ2) is 7.37. The summed E-state index contributed by atoms with van der Waals surface area (Å²) >= 11 is 5.84. The Kier molecular flexibility index (Phi) is 6.11. The molecule has 0 spiro atoms. The van der Waals surface area contributed by atoms with Gasteiger partial charge in [0.05, 0.1) is 13.2 Å². The molecule has 17 heavy (non-hydrogen) atoms. The van der Waals surface area contributed by atoms with Crippen molar-refractivity contribution in [3.8, 4) is 0 Å². The van der Waals surface area contributed by atoms with Crippen molar-refractivity contribution < 1.29 is 18.7 Å². The fraction of sp³-hybridized carbons (Fsp3) is 0.417. The van der Waals surface area contributed by atoms with Crippen LogP contribution in [-0.2, 0) is 20.7 Å². The lowest BCUT2D eigenvalue weighted by Gasteiger charge is -2.05. The molecule has 0 saturated carbocycles. The lowest BCUT2D eigenvalue weighted by molar-refractivity contribution is -0.123. The summed E-state index contributed by atoms with van der Waals surface area (Å²) in [5.41, 5.74) is 0.479. The molecule has 94 valence electrons. The number of carbonyl (C=O) groups is 1. The fourth-order valence-corrected chi connectivity index (χ4v) is 1.45. The Morgan fingerprint density at radius 2 is 2.18 bits per heavy atom. The molecule has 5 heteroatoms. The van der Waals surface area contributed by atoms with Crippen LogP contribution in [0.3, 0.4) is 0 Å². The average Bonchev–Trinajstić information content (AvgIpc) is 2.29. The number of carbonyl (C=O) groups excluding carboxylic acids is 1. The van der Waals surface area contributed by atoms with Crippen molar-refractivity contribution in [2.45, 2.75) is 6.42 Å². The SMILES string of the molecule is COCCOCC(=O)Cc1cc(F)ccc1Cl. The molecule has 0 N–H and O–H groups in total. The smallest absolute Gasteiger partial charge is 0.162 e. The Balaban J connectivity index is 2.42. The monoisotopic (exact) mass is 260 g/mol. The minimum atomic E-state index is -0.405. The molecule has 0 aliphatic heterocycles. The van der Waals surface area contributed by atoms with Gasteiger partial charge in [-0.05, 0) is 23.8 Å². The number of hydrogen-bond acceptors (Lipinski definition) is 3. The molecular weight excluding hydrogens is 247 g/mol. The molecule has 0 radical (unpaired) electrons. The zero-order chi connectivity index (χ0) is 12.7. The zero-order valence-corrected chi connectivity index (χ0v) is 10.3. The standard InChI is InChI=1S/C12H14ClFO3/c1-16-4-5-17-8-11(15)7-9-6-10(14)2-3-12(9)13/h2-3,6H,4-5,7-8H2,1H3. The molecule has 0 aliphatic carbocycles. The number of rotatable bonds is 7. The maximum Gasteiger partial charge on any atom is 0.162 e. The highest BCUT2D eigenvalue weighted by Gasteiger charge is 2.08. The van der Waals surface area contributed by atoms with Crippen LogP contribution in [0.1, 0.15) is 5.56 Å². The lowest BCUT2D eigenvalue weighted by Crippen LogP contribution is -2.14. The fourth-order valence-electron chi connectivity index (χ4n) is 1.27. The molecule has 0 aromatic heterocycles. The predicted molar refractivity (Wildman–Crippen MR) is 62.8 cm³/mol. The van der Waals surface area contributed by atoms with E-state index in [1.54, 1.807) is 7.11 Å². The number of ether oxygens (including phenoxy) is 2. The van der Waals surface area contributed by atoms with E-state index in [2.05, 4.69) is 0 Å². The van der Waals surface area contributed by atoms with Crippen LogP contribution in [-0.4, -0.2) is 32.7 Å². The summed E-state index contributed by atoms with van der Waals surface area (Å²) in [6.07, 6.45) is 0.0730. The Hall–Kier alpha value is -0.970. The lowest BCUT2D eigenvalue weighted by atomic mass is 10.1. The third-order valence-corrected chi connectivity index (χ3v) is 2.46. The van der Waals surface area contributed by atoms with Crippen LogP contribution >= 0.6 is 11.6 Å². The zero-order valence-electron chi connectivity index (χ0n) is 9.54. The van der Waals surface area contributed by atoms with E-state index >= 15 is 0 Å². The van der Waals surface area contributed by atoms with Gasteiger partial charge < -0.3 is 9.47 Å². The van der Waals surface area contributed by atoms with E-state index < -0.39 is 5.82 Å². The summed E-state index contributed by atoms with van der Waals surface area (Å²) in [4.78, 5) is 11.5. The Bertz CT molecular complexity index is 382. The highest BCUT2D eigenvalue weighted by molar-refractivity contribution is 6.31. The maximum atomic E-state index is 12.9. The van der Waals surface area contributed by atoms with Crippen LogP contribution in [0.5, 0.6) is 0 Å². The predicted octanol–water partition coefficient (Wildman–Crippen LogP) is 2.25. The molecule has 3 nitrogen and oxygen atoms in total. The molecule has 0 aliphatic rings. The summed E-state index contributed by atoms with van der Waals surface area (Å²) in [5, 5.41) is 0.386. The van der Waals surface area contributed by atoms with Crippen LogP contribution < -0.4 is 0 Å². The van der Waals surface area contributed by atoms with Crippen molar-refractivity contribution >= 4 is 17.4 Å². The average molecular weight is 261 g/mol. The van der Waals surface area contributed by atoms with Gasteiger partial charge in [0.25, 0.3) is 0 Å². The maximum absolute atomic E-state index is 12.9. The van der Waals surface area contributed by atoms with E-state index in [9.17, 15) is 9.18 Å². The summed E-state index contributed by atoms with van der Waals surface area (Å²) < 4.78 is 22.8. The van der Waals surface area contributed by atoms with Crippen molar-refractivity contribution in [2.75, 3.05) is 26.9 Å². The largest absolute Gasteiger partial charge is 0.382 e.